The van der Waals surface area contributed by atoms with Gasteiger partial charge in [-0.15, -0.1) is 0 Å². The zero-order chi connectivity index (χ0) is 14.7. The van der Waals surface area contributed by atoms with Crippen molar-refractivity contribution in [1.82, 2.24) is 4.90 Å². The predicted octanol–water partition coefficient (Wildman–Crippen LogP) is 3.54. The molecule has 1 amide bonds. The number of hydrogen-bond donors (Lipinski definition) is 1. The number of benzene rings is 1. The van der Waals surface area contributed by atoms with E-state index in [1.807, 2.05) is 6.92 Å². The van der Waals surface area contributed by atoms with Crippen LogP contribution in [0.4, 0.5) is 10.1 Å². The number of nitrogens with zero attached hydrogens (tertiary/aromatic N) is 1. The standard InChI is InChI=1S/C15H20ClFN2O/c1-10-4-3-7-19(9-10)11(2)15(20)18-14-6-5-12(16)8-13(14)17/h5-6,8,10-11H,3-4,7,9H2,1-2H3,(H,18,20). The molecule has 5 heteroatoms. The molecule has 3 nitrogen and oxygen atoms in total. The third-order valence-corrected chi connectivity index (χ3v) is 4.04. The van der Waals surface area contributed by atoms with Gasteiger partial charge in [0.2, 0.25) is 5.91 Å². The van der Waals surface area contributed by atoms with Crippen molar-refractivity contribution in [1.29, 1.82) is 0 Å². The Hall–Kier alpha value is -1.13. The molecule has 2 rings (SSSR count). The molecule has 0 bridgehead atoms. The van der Waals surface area contributed by atoms with E-state index in [1.54, 1.807) is 6.07 Å². The summed E-state index contributed by atoms with van der Waals surface area (Å²) in [6.45, 7) is 5.89. The van der Waals surface area contributed by atoms with Gasteiger partial charge in [-0.25, -0.2) is 4.39 Å². The fourth-order valence-corrected chi connectivity index (χ4v) is 2.73. The van der Waals surface area contributed by atoms with Gasteiger partial charge in [-0.1, -0.05) is 18.5 Å². The van der Waals surface area contributed by atoms with E-state index in [2.05, 4.69) is 17.1 Å². The number of piperidine rings is 1. The molecule has 1 aromatic rings. The third kappa shape index (κ3) is 3.70. The van der Waals surface area contributed by atoms with Crippen LogP contribution in [0.5, 0.6) is 0 Å². The molecule has 1 heterocycles. The normalized spacial score (nSPS) is 21.5. The van der Waals surface area contributed by atoms with Crippen LogP contribution in [0.25, 0.3) is 0 Å². The van der Waals surface area contributed by atoms with Crippen LogP contribution in [0.1, 0.15) is 26.7 Å². The number of carbonyl (C=O) groups is 1. The molecule has 1 N–H and O–H groups in total. The Kier molecular flexibility index (Phi) is 5.00. The number of hydrogen-bond acceptors (Lipinski definition) is 2. The van der Waals surface area contributed by atoms with E-state index >= 15 is 0 Å². The molecular formula is C15H20ClFN2O. The van der Waals surface area contributed by atoms with E-state index in [1.165, 1.54) is 18.6 Å². The minimum Gasteiger partial charge on any atom is -0.322 e. The highest BCUT2D eigenvalue weighted by Gasteiger charge is 2.26. The molecule has 0 radical (unpaired) electrons. The minimum absolute atomic E-state index is 0.177. The smallest absolute Gasteiger partial charge is 0.241 e. The average molecular weight is 299 g/mol. The van der Waals surface area contributed by atoms with Gasteiger partial charge in [-0.3, -0.25) is 9.69 Å². The van der Waals surface area contributed by atoms with Crippen LogP contribution < -0.4 is 5.32 Å². The summed E-state index contributed by atoms with van der Waals surface area (Å²) < 4.78 is 13.7. The van der Waals surface area contributed by atoms with Crippen molar-refractivity contribution in [2.75, 3.05) is 18.4 Å². The SMILES string of the molecule is CC1CCCN(C(C)C(=O)Nc2ccc(Cl)cc2F)C1. The summed E-state index contributed by atoms with van der Waals surface area (Å²) in [6, 6.07) is 3.99. The number of rotatable bonds is 3. The van der Waals surface area contributed by atoms with Crippen molar-refractivity contribution >= 4 is 23.2 Å². The lowest BCUT2D eigenvalue weighted by molar-refractivity contribution is -0.121. The van der Waals surface area contributed by atoms with Crippen LogP contribution in [0, 0.1) is 11.7 Å². The fourth-order valence-electron chi connectivity index (χ4n) is 2.57. The van der Waals surface area contributed by atoms with E-state index in [9.17, 15) is 9.18 Å². The zero-order valence-electron chi connectivity index (χ0n) is 11.8. The number of nitrogens with one attached hydrogen (secondary N) is 1. The van der Waals surface area contributed by atoms with Gasteiger partial charge in [0.15, 0.2) is 0 Å². The molecule has 110 valence electrons. The number of likely N-dealkylation sites (tertiary alicyclic amines) is 1. The van der Waals surface area contributed by atoms with Crippen molar-refractivity contribution in [2.45, 2.75) is 32.7 Å². The highest BCUT2D eigenvalue weighted by atomic mass is 35.5. The quantitative estimate of drug-likeness (QED) is 0.926. The first-order valence-electron chi connectivity index (χ1n) is 6.97. The topological polar surface area (TPSA) is 32.3 Å². The van der Waals surface area contributed by atoms with Crippen LogP contribution in [-0.4, -0.2) is 29.9 Å². The molecule has 1 aliphatic rings. The Morgan fingerprint density at radius 1 is 1.55 bits per heavy atom. The lowest BCUT2D eigenvalue weighted by Crippen LogP contribution is -2.46. The Labute approximate surface area is 124 Å². The molecule has 0 saturated carbocycles. The maximum Gasteiger partial charge on any atom is 0.241 e. The summed E-state index contributed by atoms with van der Waals surface area (Å²) in [6.07, 6.45) is 2.31. The molecule has 2 unspecified atom stereocenters. The maximum atomic E-state index is 13.7. The highest BCUT2D eigenvalue weighted by molar-refractivity contribution is 6.30. The predicted molar refractivity (Wildman–Crippen MR) is 79.5 cm³/mol. The maximum absolute atomic E-state index is 13.7. The van der Waals surface area contributed by atoms with Crippen LogP contribution in [-0.2, 0) is 4.79 Å². The van der Waals surface area contributed by atoms with Gasteiger partial charge in [0.05, 0.1) is 11.7 Å². The molecule has 1 aliphatic heterocycles. The summed E-state index contributed by atoms with van der Waals surface area (Å²) in [5, 5.41) is 2.95. The zero-order valence-corrected chi connectivity index (χ0v) is 12.6. The van der Waals surface area contributed by atoms with Gasteiger partial charge in [-0.2, -0.15) is 0 Å². The average Bonchev–Trinajstić information content (AvgIpc) is 2.41. The van der Waals surface area contributed by atoms with Crippen molar-refractivity contribution in [3.05, 3.63) is 29.0 Å². The van der Waals surface area contributed by atoms with Gasteiger partial charge in [0, 0.05) is 11.6 Å². The first-order chi connectivity index (χ1) is 9.47. The van der Waals surface area contributed by atoms with Crippen LogP contribution in [0.15, 0.2) is 18.2 Å². The van der Waals surface area contributed by atoms with E-state index in [0.717, 1.165) is 19.5 Å². The van der Waals surface area contributed by atoms with E-state index in [4.69, 9.17) is 11.6 Å². The summed E-state index contributed by atoms with van der Waals surface area (Å²) in [5.41, 5.74) is 0.177. The van der Waals surface area contributed by atoms with Gasteiger partial charge in [-0.05, 0) is 50.4 Å². The first kappa shape index (κ1) is 15.3. The summed E-state index contributed by atoms with van der Waals surface area (Å²) >= 11 is 5.69. The Balaban J connectivity index is 2.00. The largest absolute Gasteiger partial charge is 0.322 e. The minimum atomic E-state index is -0.509. The molecule has 2 atom stereocenters. The van der Waals surface area contributed by atoms with Gasteiger partial charge < -0.3 is 5.32 Å². The Bertz CT molecular complexity index is 495. The van der Waals surface area contributed by atoms with Crippen molar-refractivity contribution in [3.63, 3.8) is 0 Å². The molecule has 0 aromatic heterocycles. The van der Waals surface area contributed by atoms with Crippen LogP contribution in [0.3, 0.4) is 0 Å². The van der Waals surface area contributed by atoms with Crippen LogP contribution >= 0.6 is 11.6 Å². The lowest BCUT2D eigenvalue weighted by atomic mass is 9.99. The third-order valence-electron chi connectivity index (χ3n) is 3.80. The molecule has 20 heavy (non-hydrogen) atoms. The first-order valence-corrected chi connectivity index (χ1v) is 7.35. The van der Waals surface area contributed by atoms with Gasteiger partial charge in [0.1, 0.15) is 5.82 Å². The monoisotopic (exact) mass is 298 g/mol. The highest BCUT2D eigenvalue weighted by Crippen LogP contribution is 2.21. The Morgan fingerprint density at radius 3 is 2.95 bits per heavy atom. The van der Waals surface area contributed by atoms with E-state index in [-0.39, 0.29) is 17.6 Å². The molecule has 1 fully saturated rings. The molecule has 0 aliphatic carbocycles. The second-order valence-electron chi connectivity index (χ2n) is 5.53. The molecule has 1 aromatic carbocycles. The molecule has 0 spiro atoms. The van der Waals surface area contributed by atoms with Gasteiger partial charge in [0.25, 0.3) is 0 Å². The number of amides is 1. The number of anilines is 1. The summed E-state index contributed by atoms with van der Waals surface area (Å²) in [4.78, 5) is 14.4. The van der Waals surface area contributed by atoms with Gasteiger partial charge >= 0.3 is 0 Å². The summed E-state index contributed by atoms with van der Waals surface area (Å²) in [5.74, 6) is -0.0864. The molecular weight excluding hydrogens is 279 g/mol. The molecule has 1 saturated heterocycles. The summed E-state index contributed by atoms with van der Waals surface area (Å²) in [7, 11) is 0. The van der Waals surface area contributed by atoms with Crippen LogP contribution in [0.2, 0.25) is 5.02 Å². The lowest BCUT2D eigenvalue weighted by Gasteiger charge is -2.34. The van der Waals surface area contributed by atoms with Crippen molar-refractivity contribution in [2.24, 2.45) is 5.92 Å². The van der Waals surface area contributed by atoms with E-state index < -0.39 is 5.82 Å². The second-order valence-corrected chi connectivity index (χ2v) is 5.97. The van der Waals surface area contributed by atoms with E-state index in [0.29, 0.717) is 10.9 Å². The number of halogens is 2. The fraction of sp³-hybridized carbons (Fsp3) is 0.533. The van der Waals surface area contributed by atoms with Crippen molar-refractivity contribution < 1.29 is 9.18 Å². The number of carbonyl (C=O) groups excluding carboxylic acids is 1. The second kappa shape index (κ2) is 6.55. The van der Waals surface area contributed by atoms with Crippen molar-refractivity contribution in [3.8, 4) is 0 Å². The Morgan fingerprint density at radius 2 is 2.30 bits per heavy atom.